The highest BCUT2D eigenvalue weighted by atomic mass is 35.5. The number of halogens is 1. The van der Waals surface area contributed by atoms with E-state index in [-0.39, 0.29) is 18.6 Å². The fourth-order valence-corrected chi connectivity index (χ4v) is 1.82. The van der Waals surface area contributed by atoms with Crippen molar-refractivity contribution in [3.63, 3.8) is 0 Å². The summed E-state index contributed by atoms with van der Waals surface area (Å²) in [6.45, 7) is 0.985. The second-order valence-corrected chi connectivity index (χ2v) is 4.13. The molecule has 0 radical (unpaired) electrons. The van der Waals surface area contributed by atoms with Crippen LogP contribution in [0.3, 0.4) is 0 Å². The van der Waals surface area contributed by atoms with Crippen molar-refractivity contribution in [2.75, 3.05) is 6.61 Å². The zero-order valence-corrected chi connectivity index (χ0v) is 9.61. The summed E-state index contributed by atoms with van der Waals surface area (Å²) in [7, 11) is 0. The van der Waals surface area contributed by atoms with E-state index >= 15 is 0 Å². The third-order valence-electron chi connectivity index (χ3n) is 2.53. The van der Waals surface area contributed by atoms with Gasteiger partial charge in [0.25, 0.3) is 0 Å². The first-order valence-electron chi connectivity index (χ1n) is 5.32. The molecule has 0 amide bonds. The average Bonchev–Trinajstić information content (AvgIpc) is 2.30. The molecule has 1 saturated heterocycles. The lowest BCUT2D eigenvalue weighted by Gasteiger charge is -2.22. The smallest absolute Gasteiger partial charge is 0.158 e. The molecule has 0 aliphatic carbocycles. The number of hydrogen-bond donors (Lipinski definition) is 1. The second-order valence-electron chi connectivity index (χ2n) is 3.73. The van der Waals surface area contributed by atoms with Gasteiger partial charge in [0.15, 0.2) is 6.29 Å². The Hall–Kier alpha value is -0.840. The Morgan fingerprint density at radius 2 is 2.38 bits per heavy atom. The van der Waals surface area contributed by atoms with E-state index in [2.05, 4.69) is 4.98 Å². The summed E-state index contributed by atoms with van der Waals surface area (Å²) in [4.78, 5) is 3.77. The summed E-state index contributed by atoms with van der Waals surface area (Å²) >= 11 is 5.90. The van der Waals surface area contributed by atoms with Crippen LogP contribution in [0.25, 0.3) is 0 Å². The summed E-state index contributed by atoms with van der Waals surface area (Å²) in [6, 6.07) is 0. The van der Waals surface area contributed by atoms with Crippen LogP contribution in [0.1, 0.15) is 24.8 Å². The van der Waals surface area contributed by atoms with E-state index in [0.717, 1.165) is 25.9 Å². The monoisotopic (exact) mass is 243 g/mol. The van der Waals surface area contributed by atoms with Crippen LogP contribution in [0.4, 0.5) is 0 Å². The predicted molar refractivity (Wildman–Crippen MR) is 59.3 cm³/mol. The van der Waals surface area contributed by atoms with Crippen molar-refractivity contribution in [3.8, 4) is 5.75 Å². The fourth-order valence-electron chi connectivity index (χ4n) is 1.61. The zero-order chi connectivity index (χ0) is 11.4. The maximum absolute atomic E-state index is 9.55. The van der Waals surface area contributed by atoms with Crippen LogP contribution in [0.2, 0.25) is 5.02 Å². The topological polar surface area (TPSA) is 51.6 Å². The molecule has 1 aromatic heterocycles. The Balaban J connectivity index is 1.93. The van der Waals surface area contributed by atoms with E-state index in [1.165, 1.54) is 12.4 Å². The van der Waals surface area contributed by atoms with Gasteiger partial charge in [0.2, 0.25) is 0 Å². The van der Waals surface area contributed by atoms with Crippen LogP contribution in [-0.2, 0) is 16.1 Å². The molecule has 1 aliphatic heterocycles. The summed E-state index contributed by atoms with van der Waals surface area (Å²) in [5, 5.41) is 9.97. The number of aromatic hydroxyl groups is 1. The van der Waals surface area contributed by atoms with Gasteiger partial charge in [0, 0.05) is 18.4 Å². The van der Waals surface area contributed by atoms with E-state index < -0.39 is 0 Å². The summed E-state index contributed by atoms with van der Waals surface area (Å²) in [6.07, 6.45) is 5.75. The molecule has 2 rings (SSSR count). The highest BCUT2D eigenvalue weighted by Crippen LogP contribution is 2.26. The van der Waals surface area contributed by atoms with Gasteiger partial charge in [-0.25, -0.2) is 0 Å². The van der Waals surface area contributed by atoms with E-state index in [4.69, 9.17) is 21.1 Å². The normalized spacial score (nSPS) is 20.9. The third-order valence-corrected chi connectivity index (χ3v) is 2.86. The SMILES string of the molecule is Oc1cncc(Cl)c1COC1CCCCO1. The van der Waals surface area contributed by atoms with Crippen LogP contribution >= 0.6 is 11.6 Å². The molecule has 1 N–H and O–H groups in total. The van der Waals surface area contributed by atoms with Crippen molar-refractivity contribution in [1.29, 1.82) is 0 Å². The van der Waals surface area contributed by atoms with Crippen LogP contribution in [0, 0.1) is 0 Å². The van der Waals surface area contributed by atoms with Crippen LogP contribution in [0.5, 0.6) is 5.75 Å². The minimum atomic E-state index is -0.183. The lowest BCUT2D eigenvalue weighted by molar-refractivity contribution is -0.169. The molecule has 16 heavy (non-hydrogen) atoms. The predicted octanol–water partition coefficient (Wildman–Crippen LogP) is 2.48. The van der Waals surface area contributed by atoms with Gasteiger partial charge in [-0.2, -0.15) is 0 Å². The molecule has 0 spiro atoms. The average molecular weight is 244 g/mol. The molecule has 0 aromatic carbocycles. The van der Waals surface area contributed by atoms with Crippen LogP contribution in [-0.4, -0.2) is 23.0 Å². The van der Waals surface area contributed by atoms with E-state index in [9.17, 15) is 5.11 Å². The maximum Gasteiger partial charge on any atom is 0.158 e. The Labute approximate surface area is 99.2 Å². The first kappa shape index (κ1) is 11.6. The van der Waals surface area contributed by atoms with Crippen LogP contribution in [0.15, 0.2) is 12.4 Å². The first-order valence-corrected chi connectivity index (χ1v) is 5.69. The molecule has 1 atom stereocenters. The van der Waals surface area contributed by atoms with E-state index in [0.29, 0.717) is 10.6 Å². The molecule has 5 heteroatoms. The molecule has 0 bridgehead atoms. The number of nitrogens with zero attached hydrogens (tertiary/aromatic N) is 1. The number of rotatable bonds is 3. The molecule has 88 valence electrons. The molecular weight excluding hydrogens is 230 g/mol. The van der Waals surface area contributed by atoms with Crippen molar-refractivity contribution < 1.29 is 14.6 Å². The molecule has 2 heterocycles. The van der Waals surface area contributed by atoms with Gasteiger partial charge in [0.1, 0.15) is 5.75 Å². The van der Waals surface area contributed by atoms with Gasteiger partial charge >= 0.3 is 0 Å². The van der Waals surface area contributed by atoms with Gasteiger partial charge in [0.05, 0.1) is 17.8 Å². The van der Waals surface area contributed by atoms with Crippen molar-refractivity contribution in [3.05, 3.63) is 23.0 Å². The summed E-state index contributed by atoms with van der Waals surface area (Å²) < 4.78 is 11.0. The van der Waals surface area contributed by atoms with E-state index in [1.54, 1.807) is 0 Å². The zero-order valence-electron chi connectivity index (χ0n) is 8.86. The molecule has 1 unspecified atom stereocenters. The quantitative estimate of drug-likeness (QED) is 0.886. The Morgan fingerprint density at radius 3 is 3.06 bits per heavy atom. The maximum atomic E-state index is 9.55. The molecule has 1 fully saturated rings. The number of hydrogen-bond acceptors (Lipinski definition) is 4. The van der Waals surface area contributed by atoms with Crippen molar-refractivity contribution in [2.45, 2.75) is 32.2 Å². The first-order chi connectivity index (χ1) is 7.77. The highest BCUT2D eigenvalue weighted by molar-refractivity contribution is 6.31. The Bertz CT molecular complexity index is 333. The highest BCUT2D eigenvalue weighted by Gasteiger charge is 2.16. The van der Waals surface area contributed by atoms with Gasteiger partial charge in [-0.05, 0) is 19.3 Å². The molecule has 1 aromatic rings. The van der Waals surface area contributed by atoms with Crippen molar-refractivity contribution in [2.24, 2.45) is 0 Å². The molecule has 0 saturated carbocycles. The Morgan fingerprint density at radius 1 is 1.50 bits per heavy atom. The molecule has 1 aliphatic rings. The summed E-state index contributed by atoms with van der Waals surface area (Å²) in [5.74, 6) is 0.0586. The standard InChI is InChI=1S/C11H14ClNO3/c12-9-5-13-6-10(14)8(9)7-16-11-3-1-2-4-15-11/h5-6,11,14H,1-4,7H2. The third kappa shape index (κ3) is 2.84. The van der Waals surface area contributed by atoms with Crippen LogP contribution < -0.4 is 0 Å². The van der Waals surface area contributed by atoms with Gasteiger partial charge < -0.3 is 14.6 Å². The Kier molecular flexibility index (Phi) is 3.98. The van der Waals surface area contributed by atoms with Gasteiger partial charge in [-0.1, -0.05) is 11.6 Å². The number of aromatic nitrogens is 1. The number of pyridine rings is 1. The minimum Gasteiger partial charge on any atom is -0.506 e. The molecular formula is C11H14ClNO3. The van der Waals surface area contributed by atoms with Crippen molar-refractivity contribution in [1.82, 2.24) is 4.98 Å². The van der Waals surface area contributed by atoms with Gasteiger partial charge in [-0.3, -0.25) is 4.98 Å². The second kappa shape index (κ2) is 5.48. The summed E-state index contributed by atoms with van der Waals surface area (Å²) in [5.41, 5.74) is 0.561. The largest absolute Gasteiger partial charge is 0.506 e. The fraction of sp³-hybridized carbons (Fsp3) is 0.545. The van der Waals surface area contributed by atoms with E-state index in [1.807, 2.05) is 0 Å². The lowest BCUT2D eigenvalue weighted by Crippen LogP contribution is -2.22. The lowest BCUT2D eigenvalue weighted by atomic mass is 10.2. The van der Waals surface area contributed by atoms with Crippen molar-refractivity contribution >= 4 is 11.6 Å². The van der Waals surface area contributed by atoms with Gasteiger partial charge in [-0.15, -0.1) is 0 Å². The minimum absolute atomic E-state index is 0.0586. The number of ether oxygens (including phenoxy) is 2. The molecule has 4 nitrogen and oxygen atoms in total.